The van der Waals surface area contributed by atoms with Gasteiger partial charge in [0.05, 0.1) is 6.61 Å². The highest BCUT2D eigenvalue weighted by molar-refractivity contribution is 7.25. The number of ether oxygens (including phenoxy) is 1. The van der Waals surface area contributed by atoms with Crippen LogP contribution < -0.4 is 11.1 Å². The first-order valence-corrected chi connectivity index (χ1v) is 15.6. The van der Waals surface area contributed by atoms with Crippen molar-refractivity contribution in [2.24, 2.45) is 0 Å². The summed E-state index contributed by atoms with van der Waals surface area (Å²) >= 11 is 1.68. The number of nitrogens with zero attached hydrogens (tertiary/aromatic N) is 1. The van der Waals surface area contributed by atoms with Gasteiger partial charge in [-0.05, 0) is 92.8 Å². The quantitative estimate of drug-likeness (QED) is 0.0468. The van der Waals surface area contributed by atoms with Crippen LogP contribution in [0.2, 0.25) is 0 Å². The molecule has 6 nitrogen and oxygen atoms in total. The Labute approximate surface area is 243 Å². The lowest BCUT2D eigenvalue weighted by Gasteiger charge is -2.14. The van der Waals surface area contributed by atoms with Crippen LogP contribution in [0.3, 0.4) is 0 Å². The largest absolute Gasteiger partial charge is 0.466 e. The van der Waals surface area contributed by atoms with Gasteiger partial charge < -0.3 is 9.84 Å². The lowest BCUT2D eigenvalue weighted by molar-refractivity contribution is -0.143. The first kappa shape index (κ1) is 29.0. The van der Waals surface area contributed by atoms with Crippen LogP contribution in [0.1, 0.15) is 64.2 Å². The number of rotatable bonds is 15. The van der Waals surface area contributed by atoms with Crippen LogP contribution in [0.4, 0.5) is 0 Å². The van der Waals surface area contributed by atoms with Gasteiger partial charge in [-0.25, -0.2) is 0 Å². The number of pyridine rings is 1. The number of hydrogen-bond acceptors (Lipinski definition) is 6. The molecule has 0 aliphatic rings. The Hall–Kier alpha value is -3.55. The van der Waals surface area contributed by atoms with Gasteiger partial charge in [0.1, 0.15) is 0 Å². The van der Waals surface area contributed by atoms with E-state index in [1.54, 1.807) is 11.3 Å². The Morgan fingerprint density at radius 1 is 0.732 bits per heavy atom. The predicted octanol–water partition coefficient (Wildman–Crippen LogP) is 7.31. The Morgan fingerprint density at radius 2 is 1.44 bits per heavy atom. The smallest absolute Gasteiger partial charge is 0.305 e. The van der Waals surface area contributed by atoms with E-state index in [1.807, 2.05) is 36.4 Å². The van der Waals surface area contributed by atoms with Gasteiger partial charge in [-0.3, -0.25) is 19.0 Å². The molecule has 0 spiro atoms. The summed E-state index contributed by atoms with van der Waals surface area (Å²) < 4.78 is 8.99. The molecule has 5 aromatic rings. The van der Waals surface area contributed by atoms with E-state index in [0.717, 1.165) is 71.2 Å². The van der Waals surface area contributed by atoms with Crippen molar-refractivity contribution in [3.8, 4) is 0 Å². The Bertz CT molecular complexity index is 1750. The van der Waals surface area contributed by atoms with Crippen LogP contribution in [0.5, 0.6) is 0 Å². The van der Waals surface area contributed by atoms with Gasteiger partial charge in [0, 0.05) is 50.5 Å². The van der Waals surface area contributed by atoms with Crippen LogP contribution in [0.15, 0.2) is 70.3 Å². The zero-order chi connectivity index (χ0) is 28.6. The number of benzene rings is 3. The molecule has 0 fully saturated rings. The Balaban J connectivity index is 1.13. The first-order chi connectivity index (χ1) is 20.1. The molecule has 0 aliphatic heterocycles. The highest BCUT2D eigenvalue weighted by Gasteiger charge is 2.18. The summed E-state index contributed by atoms with van der Waals surface area (Å²) in [6, 6.07) is 16.0. The van der Waals surface area contributed by atoms with E-state index >= 15 is 0 Å². The van der Waals surface area contributed by atoms with Gasteiger partial charge in [-0.2, -0.15) is 0 Å². The Kier molecular flexibility index (Phi) is 9.80. The minimum absolute atomic E-state index is 0.171. The van der Waals surface area contributed by atoms with Gasteiger partial charge in [-0.15, -0.1) is 11.3 Å². The van der Waals surface area contributed by atoms with Gasteiger partial charge in [0.2, 0.25) is 0 Å². The lowest BCUT2D eigenvalue weighted by Crippen LogP contribution is -2.33. The minimum Gasteiger partial charge on any atom is -0.466 e. The number of fused-ring (bicyclic) bond motifs is 2. The van der Waals surface area contributed by atoms with E-state index in [-0.39, 0.29) is 23.7 Å². The van der Waals surface area contributed by atoms with E-state index in [9.17, 15) is 14.4 Å². The number of aliphatic hydroxyl groups is 1. The summed E-state index contributed by atoms with van der Waals surface area (Å²) in [5.41, 5.74) is -0.469. The van der Waals surface area contributed by atoms with Gasteiger partial charge in [0.15, 0.2) is 0 Å². The SMILES string of the molecule is O=C(CCCC/C=C/CCCCO)OCCCCCn1c(=O)c2ccc3sc4ccccc4c4ccc(c1=O)c2c34. The normalized spacial score (nSPS) is 12.0. The molecule has 3 aromatic carbocycles. The molecule has 5 rings (SSSR count). The maximum Gasteiger partial charge on any atom is 0.305 e. The molecule has 2 heterocycles. The molecule has 214 valence electrons. The number of hydrogen-bond donors (Lipinski definition) is 1. The molecular weight excluding hydrogens is 534 g/mol. The van der Waals surface area contributed by atoms with E-state index in [1.165, 1.54) is 9.27 Å². The summed E-state index contributed by atoms with van der Waals surface area (Å²) in [5, 5.41) is 13.9. The third-order valence-corrected chi connectivity index (χ3v) is 8.84. The second kappa shape index (κ2) is 13.9. The molecule has 0 saturated heterocycles. The van der Waals surface area contributed by atoms with E-state index < -0.39 is 0 Å². The van der Waals surface area contributed by atoms with Crippen molar-refractivity contribution in [3.63, 3.8) is 0 Å². The van der Waals surface area contributed by atoms with Crippen LogP contribution in [0.25, 0.3) is 41.7 Å². The van der Waals surface area contributed by atoms with Crippen LogP contribution in [0, 0.1) is 0 Å². The fourth-order valence-electron chi connectivity index (χ4n) is 5.56. The molecule has 1 N–H and O–H groups in total. The third kappa shape index (κ3) is 6.52. The van der Waals surface area contributed by atoms with Crippen molar-refractivity contribution in [1.82, 2.24) is 4.57 Å². The van der Waals surface area contributed by atoms with Crippen molar-refractivity contribution in [3.05, 3.63) is 81.4 Å². The van der Waals surface area contributed by atoms with Crippen LogP contribution in [-0.2, 0) is 16.1 Å². The summed E-state index contributed by atoms with van der Waals surface area (Å²) in [7, 11) is 0. The highest BCUT2D eigenvalue weighted by atomic mass is 32.1. The third-order valence-electron chi connectivity index (χ3n) is 7.71. The highest BCUT2D eigenvalue weighted by Crippen LogP contribution is 2.39. The number of aromatic nitrogens is 1. The average Bonchev–Trinajstić information content (AvgIpc) is 2.99. The second-order valence-electron chi connectivity index (χ2n) is 10.6. The van der Waals surface area contributed by atoms with E-state index in [2.05, 4.69) is 24.3 Å². The van der Waals surface area contributed by atoms with Crippen molar-refractivity contribution >= 4 is 59.0 Å². The molecule has 7 heteroatoms. The Morgan fingerprint density at radius 3 is 2.22 bits per heavy atom. The minimum atomic E-state index is -0.235. The van der Waals surface area contributed by atoms with Crippen molar-refractivity contribution in [1.29, 1.82) is 0 Å². The maximum atomic E-state index is 13.4. The van der Waals surface area contributed by atoms with Crippen molar-refractivity contribution < 1.29 is 14.6 Å². The molecule has 2 aromatic heterocycles. The molecule has 0 amide bonds. The number of allylic oxidation sites excluding steroid dienone is 2. The van der Waals surface area contributed by atoms with Gasteiger partial charge >= 0.3 is 5.97 Å². The van der Waals surface area contributed by atoms with Crippen molar-refractivity contribution in [2.45, 2.75) is 70.8 Å². The molecule has 0 aliphatic carbocycles. The average molecular weight is 572 g/mol. The number of carbonyl (C=O) groups is 1. The predicted molar refractivity (Wildman–Crippen MR) is 169 cm³/mol. The van der Waals surface area contributed by atoms with E-state index in [4.69, 9.17) is 9.84 Å². The second-order valence-corrected chi connectivity index (χ2v) is 11.7. The zero-order valence-electron chi connectivity index (χ0n) is 23.4. The first-order valence-electron chi connectivity index (χ1n) is 14.7. The number of unbranched alkanes of at least 4 members (excludes halogenated alkanes) is 6. The number of esters is 1. The zero-order valence-corrected chi connectivity index (χ0v) is 24.2. The summed E-state index contributed by atoms with van der Waals surface area (Å²) in [6.07, 6.45) is 12.4. The monoisotopic (exact) mass is 571 g/mol. The number of aliphatic hydroxyl groups excluding tert-OH is 1. The maximum absolute atomic E-state index is 13.4. The topological polar surface area (TPSA) is 85.6 Å². The molecule has 0 atom stereocenters. The van der Waals surface area contributed by atoms with Crippen molar-refractivity contribution in [2.75, 3.05) is 13.2 Å². The van der Waals surface area contributed by atoms with Crippen LogP contribution >= 0.6 is 11.3 Å². The fourth-order valence-corrected chi connectivity index (χ4v) is 6.68. The molecule has 41 heavy (non-hydrogen) atoms. The van der Waals surface area contributed by atoms with Crippen LogP contribution in [-0.4, -0.2) is 28.9 Å². The molecular formula is C34H37NO5S. The molecule has 0 unspecified atom stereocenters. The fraction of sp³-hybridized carbons (Fsp3) is 0.382. The van der Waals surface area contributed by atoms with Gasteiger partial charge in [0.25, 0.3) is 11.1 Å². The van der Waals surface area contributed by atoms with Gasteiger partial charge in [-0.1, -0.05) is 36.4 Å². The summed E-state index contributed by atoms with van der Waals surface area (Å²) in [4.78, 5) is 38.9. The summed E-state index contributed by atoms with van der Waals surface area (Å²) in [6.45, 7) is 0.955. The number of carbonyl (C=O) groups excluding carboxylic acids is 1. The molecule has 0 bridgehead atoms. The van der Waals surface area contributed by atoms with E-state index in [0.29, 0.717) is 43.2 Å². The standard InChI is InChI=1S/C34H37NO5S/c36-22-12-6-4-2-1-3-5-8-16-30(37)40-23-13-7-11-21-35-33(38)26-18-17-25-24-14-9-10-15-28(24)41-29-20-19-27(34(35)39)31(26)32(25)29/h1-2,9-10,14-15,17-20,36H,3-8,11-13,16,21-23H2/b2-1+. The molecule has 0 saturated carbocycles. The lowest BCUT2D eigenvalue weighted by atomic mass is 9.97. The molecule has 0 radical (unpaired) electrons. The summed E-state index contributed by atoms with van der Waals surface area (Å²) in [5.74, 6) is -0.171.